The Hall–Kier alpha value is -2.38. The van der Waals surface area contributed by atoms with E-state index < -0.39 is 0 Å². The van der Waals surface area contributed by atoms with Crippen LogP contribution in [0.1, 0.15) is 11.1 Å². The van der Waals surface area contributed by atoms with Crippen molar-refractivity contribution in [3.63, 3.8) is 0 Å². The molecule has 1 saturated carbocycles. The summed E-state index contributed by atoms with van der Waals surface area (Å²) in [5, 5.41) is 3.31. The molecule has 3 atom stereocenters. The second-order valence-corrected chi connectivity index (χ2v) is 5.35. The molecule has 1 aromatic heterocycles. The average Bonchev–Trinajstić information content (AvgIpc) is 2.96. The summed E-state index contributed by atoms with van der Waals surface area (Å²) in [6, 6.07) is 8.53. The second-order valence-electron chi connectivity index (χ2n) is 5.35. The minimum absolute atomic E-state index is 0.259. The highest BCUT2D eigenvalue weighted by Crippen LogP contribution is 2.41. The summed E-state index contributed by atoms with van der Waals surface area (Å²) in [6.07, 6.45) is 3.69. The Bertz CT molecular complexity index is 722. The van der Waals surface area contributed by atoms with Crippen LogP contribution < -0.4 is 10.1 Å². The molecule has 1 N–H and O–H groups in total. The van der Waals surface area contributed by atoms with E-state index in [1.165, 1.54) is 12.1 Å². The van der Waals surface area contributed by atoms with Gasteiger partial charge in [-0.05, 0) is 30.3 Å². The molecule has 2 fully saturated rings. The highest BCUT2D eigenvalue weighted by Gasteiger charge is 2.59. The van der Waals surface area contributed by atoms with Crippen molar-refractivity contribution in [1.82, 2.24) is 10.3 Å². The molecule has 0 radical (unpaired) electrons. The zero-order valence-electron chi connectivity index (χ0n) is 11.2. The van der Waals surface area contributed by atoms with Gasteiger partial charge >= 0.3 is 0 Å². The maximum atomic E-state index is 12.8. The zero-order chi connectivity index (χ0) is 14.2. The number of halogens is 1. The molecule has 1 aliphatic carbocycles. The van der Waals surface area contributed by atoms with Crippen LogP contribution in [0.15, 0.2) is 42.7 Å². The van der Waals surface area contributed by atoms with Crippen LogP contribution in [0.5, 0.6) is 5.75 Å². The van der Waals surface area contributed by atoms with E-state index in [1.807, 2.05) is 6.07 Å². The molecule has 2 heterocycles. The van der Waals surface area contributed by atoms with Gasteiger partial charge in [-0.25, -0.2) is 4.39 Å². The fourth-order valence-corrected chi connectivity index (χ4v) is 2.51. The first-order chi connectivity index (χ1) is 10.3. The minimum atomic E-state index is -0.259. The van der Waals surface area contributed by atoms with Gasteiger partial charge in [-0.1, -0.05) is 11.8 Å². The first-order valence-electron chi connectivity index (χ1n) is 6.92. The maximum Gasteiger partial charge on any atom is 0.139 e. The second kappa shape index (κ2) is 4.87. The first kappa shape index (κ1) is 12.4. The van der Waals surface area contributed by atoms with Gasteiger partial charge in [-0.2, -0.15) is 0 Å². The van der Waals surface area contributed by atoms with Gasteiger partial charge in [-0.15, -0.1) is 0 Å². The monoisotopic (exact) mass is 280 g/mol. The van der Waals surface area contributed by atoms with Gasteiger partial charge in [0.25, 0.3) is 0 Å². The molecule has 21 heavy (non-hydrogen) atoms. The van der Waals surface area contributed by atoms with Crippen LogP contribution in [0.3, 0.4) is 0 Å². The van der Waals surface area contributed by atoms with Gasteiger partial charge in [0.1, 0.15) is 17.7 Å². The Kier molecular flexibility index (Phi) is 2.87. The molecule has 0 bridgehead atoms. The van der Waals surface area contributed by atoms with E-state index in [0.717, 1.165) is 23.4 Å². The van der Waals surface area contributed by atoms with E-state index in [9.17, 15) is 4.39 Å². The van der Waals surface area contributed by atoms with Crippen LogP contribution in [-0.4, -0.2) is 23.7 Å². The lowest BCUT2D eigenvalue weighted by Crippen LogP contribution is -2.32. The number of fused-ring (bicyclic) bond motifs is 1. The van der Waals surface area contributed by atoms with Crippen molar-refractivity contribution < 1.29 is 9.13 Å². The normalized spacial score (nSPS) is 25.1. The van der Waals surface area contributed by atoms with Crippen LogP contribution in [0.4, 0.5) is 4.39 Å². The number of aromatic nitrogens is 1. The van der Waals surface area contributed by atoms with Crippen LogP contribution in [0.2, 0.25) is 0 Å². The third-order valence-electron chi connectivity index (χ3n) is 3.87. The Morgan fingerprint density at radius 1 is 1.14 bits per heavy atom. The first-order valence-corrected chi connectivity index (χ1v) is 6.92. The molecule has 4 heteroatoms. The number of nitrogens with zero attached hydrogens (tertiary/aromatic N) is 1. The van der Waals surface area contributed by atoms with Crippen LogP contribution in [0.25, 0.3) is 0 Å². The molecule has 3 nitrogen and oxygen atoms in total. The van der Waals surface area contributed by atoms with Crippen molar-refractivity contribution in [1.29, 1.82) is 0 Å². The van der Waals surface area contributed by atoms with E-state index in [1.54, 1.807) is 24.5 Å². The van der Waals surface area contributed by atoms with Crippen molar-refractivity contribution in [2.75, 3.05) is 6.54 Å². The van der Waals surface area contributed by atoms with Crippen LogP contribution in [-0.2, 0) is 0 Å². The number of benzene rings is 1. The number of nitrogens with one attached hydrogen (secondary N) is 1. The fourth-order valence-electron chi connectivity index (χ4n) is 2.51. The number of ether oxygens (including phenoxy) is 1. The van der Waals surface area contributed by atoms with Gasteiger partial charge in [0.2, 0.25) is 0 Å². The van der Waals surface area contributed by atoms with E-state index in [-0.39, 0.29) is 11.9 Å². The van der Waals surface area contributed by atoms with Gasteiger partial charge in [0.15, 0.2) is 0 Å². The third-order valence-corrected chi connectivity index (χ3v) is 3.87. The summed E-state index contributed by atoms with van der Waals surface area (Å²) in [6.45, 7) is 1.05. The molecule has 1 aromatic carbocycles. The Labute approximate surface area is 122 Å². The Morgan fingerprint density at radius 2 is 1.90 bits per heavy atom. The Morgan fingerprint density at radius 3 is 2.62 bits per heavy atom. The number of pyridine rings is 1. The van der Waals surface area contributed by atoms with Crippen molar-refractivity contribution >= 4 is 0 Å². The number of rotatable bonds is 2. The van der Waals surface area contributed by atoms with Gasteiger partial charge < -0.3 is 10.1 Å². The summed E-state index contributed by atoms with van der Waals surface area (Å²) >= 11 is 0. The SMILES string of the molecule is Fc1ccc(C#Cc2cncc(OC3C4CN[C@@H]43)c2)cc1. The molecule has 104 valence electrons. The summed E-state index contributed by atoms with van der Waals surface area (Å²) < 4.78 is 18.7. The average molecular weight is 280 g/mol. The minimum Gasteiger partial charge on any atom is -0.487 e. The molecule has 2 aromatic rings. The lowest BCUT2D eigenvalue weighted by molar-refractivity contribution is 0.290. The highest BCUT2D eigenvalue weighted by molar-refractivity contribution is 5.43. The largest absolute Gasteiger partial charge is 0.487 e. The predicted octanol–water partition coefficient (Wildman–Crippen LogP) is 1.97. The summed E-state index contributed by atoms with van der Waals surface area (Å²) in [5.41, 5.74) is 1.56. The summed E-state index contributed by atoms with van der Waals surface area (Å²) in [5.74, 6) is 7.17. The zero-order valence-corrected chi connectivity index (χ0v) is 11.2. The summed E-state index contributed by atoms with van der Waals surface area (Å²) in [7, 11) is 0. The molecule has 1 saturated heterocycles. The predicted molar refractivity (Wildman–Crippen MR) is 76.3 cm³/mol. The van der Waals surface area contributed by atoms with Crippen molar-refractivity contribution in [3.8, 4) is 17.6 Å². The third kappa shape index (κ3) is 2.48. The van der Waals surface area contributed by atoms with Crippen LogP contribution in [0, 0.1) is 23.6 Å². The molecule has 1 aliphatic heterocycles. The van der Waals surface area contributed by atoms with Crippen molar-refractivity contribution in [2.24, 2.45) is 5.92 Å². The van der Waals surface area contributed by atoms with Gasteiger partial charge in [0, 0.05) is 29.8 Å². The molecule has 4 rings (SSSR count). The van der Waals surface area contributed by atoms with E-state index >= 15 is 0 Å². The van der Waals surface area contributed by atoms with Gasteiger partial charge in [0.05, 0.1) is 12.2 Å². The van der Waals surface area contributed by atoms with E-state index in [0.29, 0.717) is 12.0 Å². The standard InChI is InChI=1S/C17H13FN2O/c18-13-5-3-11(4-6-13)1-2-12-7-14(9-19-8-12)21-17-15-10-20-16(15)17/h3-9,15-17,20H,10H2/t15?,16-,17?/m0/s1. The maximum absolute atomic E-state index is 12.8. The van der Waals surface area contributed by atoms with E-state index in [4.69, 9.17) is 4.74 Å². The fraction of sp³-hybridized carbons (Fsp3) is 0.235. The highest BCUT2D eigenvalue weighted by atomic mass is 19.1. The molecular weight excluding hydrogens is 267 g/mol. The lowest BCUT2D eigenvalue weighted by Gasteiger charge is -2.07. The number of hydrogen-bond donors (Lipinski definition) is 1. The van der Waals surface area contributed by atoms with E-state index in [2.05, 4.69) is 22.1 Å². The van der Waals surface area contributed by atoms with Crippen molar-refractivity contribution in [2.45, 2.75) is 12.1 Å². The number of hydrogen-bond acceptors (Lipinski definition) is 3. The molecule has 2 unspecified atom stereocenters. The lowest BCUT2D eigenvalue weighted by atomic mass is 10.2. The molecular formula is C17H13FN2O. The van der Waals surface area contributed by atoms with Crippen LogP contribution >= 0.6 is 0 Å². The molecule has 2 aliphatic rings. The van der Waals surface area contributed by atoms with Crippen molar-refractivity contribution in [3.05, 3.63) is 59.7 Å². The van der Waals surface area contributed by atoms with Gasteiger partial charge in [-0.3, -0.25) is 4.98 Å². The summed E-state index contributed by atoms with van der Waals surface area (Å²) in [4.78, 5) is 4.15. The molecule has 0 spiro atoms. The molecule has 0 amide bonds. The topological polar surface area (TPSA) is 34.1 Å². The Balaban J connectivity index is 1.49. The quantitative estimate of drug-likeness (QED) is 0.854. The smallest absolute Gasteiger partial charge is 0.139 e.